The molecular formula is C16H11Cl2FN4. The number of halogens is 3. The molecule has 0 radical (unpaired) electrons. The average molecular weight is 349 g/mol. The topological polar surface area (TPSA) is 49.8 Å². The van der Waals surface area contributed by atoms with Gasteiger partial charge in [-0.05, 0) is 36.4 Å². The third-order valence-corrected chi connectivity index (χ3v) is 3.38. The fourth-order valence-corrected chi connectivity index (χ4v) is 2.29. The van der Waals surface area contributed by atoms with E-state index in [2.05, 4.69) is 20.6 Å². The van der Waals surface area contributed by atoms with Gasteiger partial charge in [0.1, 0.15) is 0 Å². The van der Waals surface area contributed by atoms with Crippen LogP contribution in [0.1, 0.15) is 0 Å². The van der Waals surface area contributed by atoms with Gasteiger partial charge in [0.05, 0.1) is 6.20 Å². The number of hydrogen-bond donors (Lipinski definition) is 2. The number of aromatic nitrogens is 2. The number of benzene rings is 2. The third kappa shape index (κ3) is 4.09. The highest BCUT2D eigenvalue weighted by Crippen LogP contribution is 2.23. The minimum atomic E-state index is -0.568. The van der Waals surface area contributed by atoms with Crippen LogP contribution in [0.2, 0.25) is 10.0 Å². The zero-order valence-electron chi connectivity index (χ0n) is 11.7. The second kappa shape index (κ2) is 6.81. The van der Waals surface area contributed by atoms with Crippen LogP contribution in [0.3, 0.4) is 0 Å². The Bertz CT molecular complexity index is 842. The summed E-state index contributed by atoms with van der Waals surface area (Å²) in [5, 5.41) is 6.97. The first-order chi connectivity index (χ1) is 11.1. The monoisotopic (exact) mass is 348 g/mol. The molecule has 2 aromatic carbocycles. The maximum absolute atomic E-state index is 13.9. The van der Waals surface area contributed by atoms with Gasteiger partial charge in [-0.15, -0.1) is 0 Å². The Morgan fingerprint density at radius 2 is 1.48 bits per heavy atom. The summed E-state index contributed by atoms with van der Waals surface area (Å²) in [6.45, 7) is 0. The molecule has 23 heavy (non-hydrogen) atoms. The molecule has 2 N–H and O–H groups in total. The summed E-state index contributed by atoms with van der Waals surface area (Å²) < 4.78 is 13.9. The summed E-state index contributed by atoms with van der Waals surface area (Å²) in [4.78, 5) is 8.04. The highest BCUT2D eigenvalue weighted by Gasteiger charge is 2.08. The van der Waals surface area contributed by atoms with Crippen LogP contribution in [0.15, 0.2) is 54.7 Å². The molecule has 1 aromatic heterocycles. The van der Waals surface area contributed by atoms with Crippen LogP contribution in [0.4, 0.5) is 27.5 Å². The van der Waals surface area contributed by atoms with Gasteiger partial charge in [-0.3, -0.25) is 0 Å². The molecule has 0 saturated heterocycles. The molecule has 0 amide bonds. The van der Waals surface area contributed by atoms with Gasteiger partial charge in [-0.2, -0.15) is 4.98 Å². The lowest BCUT2D eigenvalue weighted by molar-refractivity contribution is 0.619. The number of nitrogens with zero attached hydrogens (tertiary/aromatic N) is 2. The van der Waals surface area contributed by atoms with E-state index in [9.17, 15) is 4.39 Å². The molecule has 0 saturated carbocycles. The van der Waals surface area contributed by atoms with E-state index in [0.29, 0.717) is 21.4 Å². The number of anilines is 4. The van der Waals surface area contributed by atoms with Crippen molar-refractivity contribution in [3.8, 4) is 0 Å². The normalized spacial score (nSPS) is 10.4. The first kappa shape index (κ1) is 15.5. The maximum Gasteiger partial charge on any atom is 0.229 e. The average Bonchev–Trinajstić information content (AvgIpc) is 2.51. The summed E-state index contributed by atoms with van der Waals surface area (Å²) in [6.07, 6.45) is 1.09. The standard InChI is InChI=1S/C16H11Cl2FN4/c17-10-3-1-5-12(7-10)21-15-14(19)9-20-16(23-15)22-13-6-2-4-11(18)8-13/h1-9H,(H2,20,21,22,23). The first-order valence-electron chi connectivity index (χ1n) is 6.68. The van der Waals surface area contributed by atoms with E-state index in [1.165, 1.54) is 0 Å². The van der Waals surface area contributed by atoms with Gasteiger partial charge in [0, 0.05) is 21.4 Å². The highest BCUT2D eigenvalue weighted by atomic mass is 35.5. The molecule has 4 nitrogen and oxygen atoms in total. The summed E-state index contributed by atoms with van der Waals surface area (Å²) in [5.74, 6) is -0.272. The molecule has 0 aliphatic carbocycles. The molecule has 1 heterocycles. The second-order valence-corrected chi connectivity index (χ2v) is 5.53. The predicted octanol–water partition coefficient (Wildman–Crippen LogP) is 5.41. The van der Waals surface area contributed by atoms with Crippen LogP contribution >= 0.6 is 23.2 Å². The molecule has 0 aliphatic rings. The van der Waals surface area contributed by atoms with Crippen molar-refractivity contribution in [1.82, 2.24) is 9.97 Å². The van der Waals surface area contributed by atoms with E-state index in [4.69, 9.17) is 23.2 Å². The number of rotatable bonds is 4. The lowest BCUT2D eigenvalue weighted by atomic mass is 10.3. The van der Waals surface area contributed by atoms with Crippen molar-refractivity contribution in [3.05, 3.63) is 70.6 Å². The molecule has 7 heteroatoms. The summed E-state index contributed by atoms with van der Waals surface area (Å²) >= 11 is 11.8. The Labute approximate surface area is 142 Å². The summed E-state index contributed by atoms with van der Waals surface area (Å²) in [5.41, 5.74) is 1.33. The van der Waals surface area contributed by atoms with Gasteiger partial charge < -0.3 is 10.6 Å². The molecule has 0 bridgehead atoms. The smallest absolute Gasteiger partial charge is 0.229 e. The Morgan fingerprint density at radius 3 is 2.09 bits per heavy atom. The predicted molar refractivity (Wildman–Crippen MR) is 91.5 cm³/mol. The van der Waals surface area contributed by atoms with Crippen LogP contribution in [-0.4, -0.2) is 9.97 Å². The van der Waals surface area contributed by atoms with Crippen LogP contribution < -0.4 is 10.6 Å². The fraction of sp³-hybridized carbons (Fsp3) is 0. The van der Waals surface area contributed by atoms with Crippen molar-refractivity contribution in [3.63, 3.8) is 0 Å². The lowest BCUT2D eigenvalue weighted by Gasteiger charge is -2.10. The summed E-state index contributed by atoms with van der Waals surface area (Å²) in [7, 11) is 0. The van der Waals surface area contributed by atoms with Crippen LogP contribution in [0.5, 0.6) is 0 Å². The van der Waals surface area contributed by atoms with Crippen LogP contribution in [-0.2, 0) is 0 Å². The van der Waals surface area contributed by atoms with E-state index in [1.54, 1.807) is 42.5 Å². The largest absolute Gasteiger partial charge is 0.338 e. The van der Waals surface area contributed by atoms with Crippen molar-refractivity contribution >= 4 is 46.3 Å². The summed E-state index contributed by atoms with van der Waals surface area (Å²) in [6, 6.07) is 14.0. The maximum atomic E-state index is 13.9. The number of nitrogens with one attached hydrogen (secondary N) is 2. The lowest BCUT2D eigenvalue weighted by Crippen LogP contribution is -2.03. The zero-order valence-corrected chi connectivity index (χ0v) is 13.2. The van der Waals surface area contributed by atoms with Gasteiger partial charge in [-0.25, -0.2) is 9.37 Å². The van der Waals surface area contributed by atoms with E-state index in [1.807, 2.05) is 6.07 Å². The van der Waals surface area contributed by atoms with Gasteiger partial charge in [0.2, 0.25) is 5.95 Å². The zero-order chi connectivity index (χ0) is 16.2. The van der Waals surface area contributed by atoms with E-state index in [0.717, 1.165) is 6.20 Å². The van der Waals surface area contributed by atoms with Crippen molar-refractivity contribution in [2.45, 2.75) is 0 Å². The van der Waals surface area contributed by atoms with Gasteiger partial charge >= 0.3 is 0 Å². The van der Waals surface area contributed by atoms with Gasteiger partial charge in [0.25, 0.3) is 0 Å². The van der Waals surface area contributed by atoms with Crippen molar-refractivity contribution in [2.24, 2.45) is 0 Å². The van der Waals surface area contributed by atoms with E-state index < -0.39 is 5.82 Å². The molecule has 3 rings (SSSR count). The SMILES string of the molecule is Fc1cnc(Nc2cccc(Cl)c2)nc1Nc1cccc(Cl)c1. The van der Waals surface area contributed by atoms with Crippen molar-refractivity contribution < 1.29 is 4.39 Å². The quantitative estimate of drug-likeness (QED) is 0.661. The Hall–Kier alpha value is -2.37. The fourth-order valence-electron chi connectivity index (χ4n) is 1.91. The second-order valence-electron chi connectivity index (χ2n) is 4.66. The molecule has 3 aromatic rings. The number of hydrogen-bond acceptors (Lipinski definition) is 4. The first-order valence-corrected chi connectivity index (χ1v) is 7.43. The molecule has 0 atom stereocenters. The molecule has 116 valence electrons. The molecular weight excluding hydrogens is 338 g/mol. The Balaban J connectivity index is 1.84. The third-order valence-electron chi connectivity index (χ3n) is 2.91. The van der Waals surface area contributed by atoms with Crippen LogP contribution in [0.25, 0.3) is 0 Å². The molecule has 0 unspecified atom stereocenters. The van der Waals surface area contributed by atoms with Gasteiger partial charge in [0.15, 0.2) is 11.6 Å². The Morgan fingerprint density at radius 1 is 0.870 bits per heavy atom. The van der Waals surface area contributed by atoms with Gasteiger partial charge in [-0.1, -0.05) is 35.3 Å². The minimum Gasteiger partial charge on any atom is -0.338 e. The Kier molecular flexibility index (Phi) is 4.60. The van der Waals surface area contributed by atoms with E-state index >= 15 is 0 Å². The molecule has 0 spiro atoms. The minimum absolute atomic E-state index is 0.0480. The molecule has 0 fully saturated rings. The van der Waals surface area contributed by atoms with E-state index in [-0.39, 0.29) is 11.8 Å². The van der Waals surface area contributed by atoms with Crippen LogP contribution in [0, 0.1) is 5.82 Å². The van der Waals surface area contributed by atoms with Crippen molar-refractivity contribution in [1.29, 1.82) is 0 Å². The van der Waals surface area contributed by atoms with Crippen molar-refractivity contribution in [2.75, 3.05) is 10.6 Å². The highest BCUT2D eigenvalue weighted by molar-refractivity contribution is 6.31. The molecule has 0 aliphatic heterocycles.